The van der Waals surface area contributed by atoms with Crippen LogP contribution in [-0.4, -0.2) is 37.5 Å². The molecule has 9 heteroatoms. The Kier molecular flexibility index (Phi) is 6.87. The van der Waals surface area contributed by atoms with E-state index in [2.05, 4.69) is 15.2 Å². The van der Waals surface area contributed by atoms with Crippen LogP contribution in [0.25, 0.3) is 11.4 Å². The summed E-state index contributed by atoms with van der Waals surface area (Å²) in [4.78, 5) is 22.8. The van der Waals surface area contributed by atoms with Gasteiger partial charge in [0.1, 0.15) is 11.9 Å². The molecule has 4 N–H and O–H groups in total. The van der Waals surface area contributed by atoms with Gasteiger partial charge in [0, 0.05) is 29.8 Å². The van der Waals surface area contributed by atoms with Crippen molar-refractivity contribution in [3.05, 3.63) is 58.7 Å². The van der Waals surface area contributed by atoms with Crippen molar-refractivity contribution in [3.8, 4) is 11.4 Å². The first kappa shape index (κ1) is 21.9. The molecule has 7 nitrogen and oxygen atoms in total. The lowest BCUT2D eigenvalue weighted by molar-refractivity contribution is -0.133. The van der Waals surface area contributed by atoms with Crippen LogP contribution in [0.2, 0.25) is 0 Å². The SMILES string of the molecule is Cc1n[nH]c(C)c1C(N)C(=O)N1CCc2nc(-c3ccccc3)[nH]c2C1.Cl.Cl. The number of nitrogens with one attached hydrogen (secondary N) is 2. The molecule has 150 valence electrons. The van der Waals surface area contributed by atoms with Crippen molar-refractivity contribution in [1.29, 1.82) is 0 Å². The third-order valence-electron chi connectivity index (χ3n) is 4.95. The molecule has 2 aromatic heterocycles. The van der Waals surface area contributed by atoms with E-state index >= 15 is 0 Å². The Labute approximate surface area is 175 Å². The number of H-pyrrole nitrogens is 2. The predicted octanol–water partition coefficient (Wildman–Crippen LogP) is 2.84. The summed E-state index contributed by atoms with van der Waals surface area (Å²) in [6, 6.07) is 9.30. The third-order valence-corrected chi connectivity index (χ3v) is 4.95. The molecular formula is C19H24Cl2N6O. The molecule has 0 saturated heterocycles. The second-order valence-corrected chi connectivity index (χ2v) is 6.71. The molecule has 1 unspecified atom stereocenters. The molecule has 1 aliphatic rings. The van der Waals surface area contributed by atoms with Crippen LogP contribution in [-0.2, 0) is 17.8 Å². The highest BCUT2D eigenvalue weighted by Gasteiger charge is 2.30. The predicted molar refractivity (Wildman–Crippen MR) is 113 cm³/mol. The fourth-order valence-electron chi connectivity index (χ4n) is 3.55. The lowest BCUT2D eigenvalue weighted by Gasteiger charge is -2.28. The first-order valence-electron chi connectivity index (χ1n) is 8.73. The monoisotopic (exact) mass is 422 g/mol. The number of nitrogens with zero attached hydrogens (tertiary/aromatic N) is 3. The van der Waals surface area contributed by atoms with Gasteiger partial charge in [-0.3, -0.25) is 9.89 Å². The number of halogens is 2. The summed E-state index contributed by atoms with van der Waals surface area (Å²) in [5.41, 5.74) is 11.7. The summed E-state index contributed by atoms with van der Waals surface area (Å²) in [5, 5.41) is 7.04. The standard InChI is InChI=1S/C19H22N6O.2ClH/c1-11-16(12(2)24-23-11)17(20)19(26)25-9-8-14-15(10-25)22-18(21-14)13-6-4-3-5-7-13;;/h3-7,17H,8-10,20H2,1-2H3,(H,21,22)(H,23,24);2*1H. The highest BCUT2D eigenvalue weighted by Crippen LogP contribution is 2.25. The molecule has 3 aromatic rings. The summed E-state index contributed by atoms with van der Waals surface area (Å²) in [6.45, 7) is 4.87. The number of hydrogen-bond donors (Lipinski definition) is 3. The summed E-state index contributed by atoms with van der Waals surface area (Å²) in [5.74, 6) is 0.759. The molecule has 0 saturated carbocycles. The summed E-state index contributed by atoms with van der Waals surface area (Å²) in [7, 11) is 0. The molecule has 0 bridgehead atoms. The quantitative estimate of drug-likeness (QED) is 0.603. The first-order chi connectivity index (χ1) is 12.5. The van der Waals surface area contributed by atoms with E-state index in [9.17, 15) is 4.79 Å². The van der Waals surface area contributed by atoms with Gasteiger partial charge in [0.25, 0.3) is 0 Å². The van der Waals surface area contributed by atoms with Crippen LogP contribution in [0, 0.1) is 13.8 Å². The number of benzene rings is 1. The molecule has 1 amide bonds. The number of hydrogen-bond acceptors (Lipinski definition) is 4. The number of aromatic amines is 2. The lowest BCUT2D eigenvalue weighted by atomic mass is 10.0. The smallest absolute Gasteiger partial charge is 0.244 e. The van der Waals surface area contributed by atoms with E-state index in [-0.39, 0.29) is 30.7 Å². The number of carbonyl (C=O) groups is 1. The highest BCUT2D eigenvalue weighted by atomic mass is 35.5. The van der Waals surface area contributed by atoms with Crippen LogP contribution in [0.15, 0.2) is 30.3 Å². The normalized spacial score (nSPS) is 13.9. The minimum absolute atomic E-state index is 0. The fraction of sp³-hybridized carbons (Fsp3) is 0.316. The number of fused-ring (bicyclic) bond motifs is 1. The highest BCUT2D eigenvalue weighted by molar-refractivity contribution is 5.85. The molecule has 28 heavy (non-hydrogen) atoms. The van der Waals surface area contributed by atoms with E-state index in [1.165, 1.54) is 0 Å². The van der Waals surface area contributed by atoms with Gasteiger partial charge in [0.15, 0.2) is 0 Å². The molecule has 3 heterocycles. The van der Waals surface area contributed by atoms with Gasteiger partial charge in [-0.05, 0) is 13.8 Å². The molecule has 0 radical (unpaired) electrons. The second kappa shape index (κ2) is 8.77. The first-order valence-corrected chi connectivity index (χ1v) is 8.73. The van der Waals surface area contributed by atoms with Gasteiger partial charge in [-0.2, -0.15) is 5.10 Å². The average Bonchev–Trinajstić information content (AvgIpc) is 3.23. The Morgan fingerprint density at radius 3 is 2.57 bits per heavy atom. The van der Waals surface area contributed by atoms with Crippen molar-refractivity contribution >= 4 is 30.7 Å². The maximum atomic E-state index is 12.9. The summed E-state index contributed by atoms with van der Waals surface area (Å²) >= 11 is 0. The van der Waals surface area contributed by atoms with E-state index in [0.29, 0.717) is 13.1 Å². The lowest BCUT2D eigenvalue weighted by Crippen LogP contribution is -2.41. The van der Waals surface area contributed by atoms with Crippen molar-refractivity contribution in [3.63, 3.8) is 0 Å². The molecule has 0 spiro atoms. The van der Waals surface area contributed by atoms with Crippen LogP contribution >= 0.6 is 24.8 Å². The van der Waals surface area contributed by atoms with Crippen molar-refractivity contribution in [1.82, 2.24) is 25.1 Å². The molecule has 1 atom stereocenters. The van der Waals surface area contributed by atoms with Crippen LogP contribution in [0.1, 0.15) is 34.4 Å². The van der Waals surface area contributed by atoms with Gasteiger partial charge in [-0.15, -0.1) is 24.8 Å². The van der Waals surface area contributed by atoms with Crippen LogP contribution in [0.3, 0.4) is 0 Å². The number of amides is 1. The zero-order chi connectivity index (χ0) is 18.3. The van der Waals surface area contributed by atoms with E-state index in [0.717, 1.165) is 46.1 Å². The van der Waals surface area contributed by atoms with Crippen molar-refractivity contribution in [2.24, 2.45) is 5.73 Å². The largest absolute Gasteiger partial charge is 0.340 e. The Morgan fingerprint density at radius 2 is 1.93 bits per heavy atom. The molecule has 0 aliphatic carbocycles. The van der Waals surface area contributed by atoms with Crippen LogP contribution < -0.4 is 5.73 Å². The maximum Gasteiger partial charge on any atom is 0.244 e. The number of nitrogens with two attached hydrogens (primary N) is 1. The molecule has 0 fully saturated rings. The Balaban J connectivity index is 0.00000140. The van der Waals surface area contributed by atoms with Gasteiger partial charge >= 0.3 is 0 Å². The maximum absolute atomic E-state index is 12.9. The summed E-state index contributed by atoms with van der Waals surface area (Å²) < 4.78 is 0. The topological polar surface area (TPSA) is 104 Å². The van der Waals surface area contributed by atoms with Gasteiger partial charge in [0.05, 0.1) is 23.6 Å². The molecular weight excluding hydrogens is 399 g/mol. The van der Waals surface area contributed by atoms with E-state index < -0.39 is 6.04 Å². The Hall–Kier alpha value is -2.35. The molecule has 4 rings (SSSR count). The van der Waals surface area contributed by atoms with E-state index in [1.54, 1.807) is 4.90 Å². The van der Waals surface area contributed by atoms with Gasteiger partial charge < -0.3 is 15.6 Å². The number of aromatic nitrogens is 4. The number of imidazole rings is 1. The zero-order valence-electron chi connectivity index (χ0n) is 15.7. The zero-order valence-corrected chi connectivity index (χ0v) is 17.4. The number of aryl methyl sites for hydroxylation is 2. The summed E-state index contributed by atoms with van der Waals surface area (Å²) in [6.07, 6.45) is 0.723. The van der Waals surface area contributed by atoms with E-state index in [4.69, 9.17) is 10.7 Å². The minimum Gasteiger partial charge on any atom is -0.340 e. The minimum atomic E-state index is -0.702. The molecule has 1 aliphatic heterocycles. The van der Waals surface area contributed by atoms with Gasteiger partial charge in [0.2, 0.25) is 5.91 Å². The van der Waals surface area contributed by atoms with Crippen molar-refractivity contribution in [2.45, 2.75) is 32.9 Å². The third kappa shape index (κ3) is 3.92. The van der Waals surface area contributed by atoms with Crippen molar-refractivity contribution in [2.75, 3.05) is 6.54 Å². The number of carbonyl (C=O) groups excluding carboxylic acids is 1. The van der Waals surface area contributed by atoms with E-state index in [1.807, 2.05) is 44.2 Å². The Bertz CT molecular complexity index is 933. The Morgan fingerprint density at radius 1 is 1.21 bits per heavy atom. The molecule has 1 aromatic carbocycles. The fourth-order valence-corrected chi connectivity index (χ4v) is 3.55. The van der Waals surface area contributed by atoms with Gasteiger partial charge in [-0.25, -0.2) is 4.98 Å². The second-order valence-electron chi connectivity index (χ2n) is 6.71. The van der Waals surface area contributed by atoms with Crippen molar-refractivity contribution < 1.29 is 4.79 Å². The van der Waals surface area contributed by atoms with Crippen LogP contribution in [0.4, 0.5) is 0 Å². The van der Waals surface area contributed by atoms with Crippen LogP contribution in [0.5, 0.6) is 0 Å². The number of rotatable bonds is 3. The van der Waals surface area contributed by atoms with Gasteiger partial charge in [-0.1, -0.05) is 30.3 Å². The average molecular weight is 423 g/mol.